The normalized spacial score (nSPS) is 19.6. The molecular formula is C19H25N3O3. The van der Waals surface area contributed by atoms with Crippen LogP contribution in [0.3, 0.4) is 0 Å². The van der Waals surface area contributed by atoms with Crippen LogP contribution in [0.1, 0.15) is 43.2 Å². The van der Waals surface area contributed by atoms with Crippen LogP contribution in [-0.4, -0.2) is 46.8 Å². The highest BCUT2D eigenvalue weighted by Gasteiger charge is 2.55. The number of rotatable bonds is 3. The first kappa shape index (κ1) is 17.5. The van der Waals surface area contributed by atoms with E-state index in [1.54, 1.807) is 11.9 Å². The van der Waals surface area contributed by atoms with Crippen molar-refractivity contribution in [3.05, 3.63) is 29.3 Å². The topological polar surface area (TPSA) is 69.7 Å². The van der Waals surface area contributed by atoms with Crippen LogP contribution in [-0.2, 0) is 9.59 Å². The smallest absolute Gasteiger partial charge is 0.325 e. The van der Waals surface area contributed by atoms with Gasteiger partial charge in [0.05, 0.1) is 0 Å². The molecule has 0 atom stereocenters. The number of benzene rings is 1. The molecule has 3 rings (SSSR count). The summed E-state index contributed by atoms with van der Waals surface area (Å²) in [5, 5.41) is 2.79. The molecule has 1 saturated carbocycles. The summed E-state index contributed by atoms with van der Waals surface area (Å²) in [6.45, 7) is 3.67. The van der Waals surface area contributed by atoms with Gasteiger partial charge in [-0.25, -0.2) is 4.79 Å². The maximum atomic E-state index is 12.9. The molecule has 25 heavy (non-hydrogen) atoms. The first-order valence-corrected chi connectivity index (χ1v) is 8.81. The number of hydrogen-bond donors (Lipinski definition) is 1. The fourth-order valence-corrected chi connectivity index (χ4v) is 4.06. The van der Waals surface area contributed by atoms with Crippen molar-refractivity contribution in [2.75, 3.05) is 18.9 Å². The Balaban J connectivity index is 1.72. The van der Waals surface area contributed by atoms with Gasteiger partial charge >= 0.3 is 6.03 Å². The molecule has 2 fully saturated rings. The first-order valence-electron chi connectivity index (χ1n) is 8.81. The van der Waals surface area contributed by atoms with Crippen molar-refractivity contribution in [1.29, 1.82) is 0 Å². The Hall–Kier alpha value is -2.37. The van der Waals surface area contributed by atoms with Crippen molar-refractivity contribution in [3.63, 3.8) is 0 Å². The minimum Gasteiger partial charge on any atom is -0.325 e. The summed E-state index contributed by atoms with van der Waals surface area (Å²) >= 11 is 0. The van der Waals surface area contributed by atoms with E-state index in [1.165, 1.54) is 0 Å². The summed E-state index contributed by atoms with van der Waals surface area (Å²) in [4.78, 5) is 40.4. The number of nitrogens with zero attached hydrogens (tertiary/aromatic N) is 2. The summed E-state index contributed by atoms with van der Waals surface area (Å²) in [6, 6.07) is 5.38. The standard InChI is InChI=1S/C19H25N3O3/c1-13-9-14(2)11-15(10-13)20-16(23)12-22-17(24)19(21(3)18(22)25)7-5-4-6-8-19/h9-11H,4-8,12H2,1-3H3,(H,20,23). The molecule has 1 heterocycles. The molecule has 1 aliphatic carbocycles. The molecule has 1 N–H and O–H groups in total. The zero-order valence-corrected chi connectivity index (χ0v) is 15.1. The Morgan fingerprint density at radius 1 is 1.08 bits per heavy atom. The largest absolute Gasteiger partial charge is 0.327 e. The van der Waals surface area contributed by atoms with Gasteiger partial charge in [-0.2, -0.15) is 0 Å². The molecule has 1 saturated heterocycles. The minimum absolute atomic E-state index is 0.227. The summed E-state index contributed by atoms with van der Waals surface area (Å²) in [7, 11) is 1.67. The van der Waals surface area contributed by atoms with E-state index in [2.05, 4.69) is 5.32 Å². The van der Waals surface area contributed by atoms with E-state index in [0.29, 0.717) is 18.5 Å². The molecule has 1 spiro atoms. The van der Waals surface area contributed by atoms with E-state index >= 15 is 0 Å². The van der Waals surface area contributed by atoms with Crippen LogP contribution in [0, 0.1) is 13.8 Å². The SMILES string of the molecule is Cc1cc(C)cc(NC(=O)CN2C(=O)N(C)C3(CCCCC3)C2=O)c1. The van der Waals surface area contributed by atoms with Crippen LogP contribution in [0.4, 0.5) is 10.5 Å². The van der Waals surface area contributed by atoms with Crippen LogP contribution in [0.25, 0.3) is 0 Å². The molecule has 2 aliphatic rings. The molecule has 0 aromatic heterocycles. The summed E-state index contributed by atoms with van der Waals surface area (Å²) < 4.78 is 0. The molecule has 6 heteroatoms. The molecule has 134 valence electrons. The number of aryl methyl sites for hydroxylation is 2. The minimum atomic E-state index is -0.741. The molecule has 1 aromatic carbocycles. The number of nitrogens with one attached hydrogen (secondary N) is 1. The third-order valence-corrected chi connectivity index (χ3v) is 5.29. The monoisotopic (exact) mass is 343 g/mol. The van der Waals surface area contributed by atoms with Crippen LogP contribution in [0.5, 0.6) is 0 Å². The lowest BCUT2D eigenvalue weighted by Gasteiger charge is -2.35. The highest BCUT2D eigenvalue weighted by atomic mass is 16.2. The molecule has 4 amide bonds. The summed E-state index contributed by atoms with van der Waals surface area (Å²) in [5.41, 5.74) is 2.03. The maximum absolute atomic E-state index is 12.9. The quantitative estimate of drug-likeness (QED) is 0.858. The molecule has 0 radical (unpaired) electrons. The van der Waals surface area contributed by atoms with Gasteiger partial charge in [0.25, 0.3) is 5.91 Å². The third-order valence-electron chi connectivity index (χ3n) is 5.29. The second-order valence-corrected chi connectivity index (χ2v) is 7.25. The molecular weight excluding hydrogens is 318 g/mol. The van der Waals surface area contributed by atoms with Gasteiger partial charge in [-0.05, 0) is 49.9 Å². The highest BCUT2D eigenvalue weighted by molar-refractivity contribution is 6.10. The van der Waals surface area contributed by atoms with E-state index in [4.69, 9.17) is 0 Å². The fraction of sp³-hybridized carbons (Fsp3) is 0.526. The predicted octanol–water partition coefficient (Wildman–Crippen LogP) is 2.84. The number of imide groups is 1. The maximum Gasteiger partial charge on any atom is 0.327 e. The third kappa shape index (κ3) is 3.13. The lowest BCUT2D eigenvalue weighted by molar-refractivity contribution is -0.136. The Kier molecular flexibility index (Phi) is 4.54. The summed E-state index contributed by atoms with van der Waals surface area (Å²) in [5.74, 6) is -0.580. The van der Waals surface area contributed by atoms with Gasteiger partial charge < -0.3 is 10.2 Å². The Labute approximate surface area is 148 Å². The fourth-order valence-electron chi connectivity index (χ4n) is 4.06. The number of carbonyl (C=O) groups is 3. The molecule has 6 nitrogen and oxygen atoms in total. The van der Waals surface area contributed by atoms with Crippen LogP contribution >= 0.6 is 0 Å². The lowest BCUT2D eigenvalue weighted by atomic mass is 9.81. The van der Waals surface area contributed by atoms with Crippen molar-refractivity contribution >= 4 is 23.5 Å². The second kappa shape index (κ2) is 6.50. The summed E-state index contributed by atoms with van der Waals surface area (Å²) in [6.07, 6.45) is 4.33. The van der Waals surface area contributed by atoms with E-state index in [-0.39, 0.29) is 24.4 Å². The number of anilines is 1. The van der Waals surface area contributed by atoms with Crippen LogP contribution in [0.15, 0.2) is 18.2 Å². The van der Waals surface area contributed by atoms with E-state index in [9.17, 15) is 14.4 Å². The predicted molar refractivity (Wildman–Crippen MR) is 95.2 cm³/mol. The molecule has 0 bridgehead atoms. The van der Waals surface area contributed by atoms with Crippen molar-refractivity contribution in [1.82, 2.24) is 9.80 Å². The van der Waals surface area contributed by atoms with Crippen molar-refractivity contribution in [3.8, 4) is 0 Å². The van der Waals surface area contributed by atoms with Crippen LogP contribution < -0.4 is 5.32 Å². The van der Waals surface area contributed by atoms with Gasteiger partial charge in [-0.1, -0.05) is 25.3 Å². The zero-order valence-electron chi connectivity index (χ0n) is 15.1. The number of likely N-dealkylation sites (N-methyl/N-ethyl adjacent to an activating group) is 1. The number of carbonyl (C=O) groups excluding carboxylic acids is 3. The lowest BCUT2D eigenvalue weighted by Crippen LogP contribution is -2.49. The Morgan fingerprint density at radius 3 is 2.28 bits per heavy atom. The molecule has 1 aliphatic heterocycles. The average molecular weight is 343 g/mol. The van der Waals surface area contributed by atoms with Gasteiger partial charge in [-0.15, -0.1) is 0 Å². The average Bonchev–Trinajstić information content (AvgIpc) is 2.71. The van der Waals surface area contributed by atoms with Crippen molar-refractivity contribution < 1.29 is 14.4 Å². The molecule has 0 unspecified atom stereocenters. The molecule has 1 aromatic rings. The van der Waals surface area contributed by atoms with Gasteiger partial charge in [-0.3, -0.25) is 14.5 Å². The second-order valence-electron chi connectivity index (χ2n) is 7.25. The van der Waals surface area contributed by atoms with Crippen molar-refractivity contribution in [2.24, 2.45) is 0 Å². The van der Waals surface area contributed by atoms with Gasteiger partial charge in [0, 0.05) is 12.7 Å². The van der Waals surface area contributed by atoms with Crippen LogP contribution in [0.2, 0.25) is 0 Å². The van der Waals surface area contributed by atoms with E-state index < -0.39 is 5.54 Å². The number of hydrogen-bond acceptors (Lipinski definition) is 3. The van der Waals surface area contributed by atoms with Gasteiger partial charge in [0.2, 0.25) is 5.91 Å². The first-order chi connectivity index (χ1) is 11.8. The highest BCUT2D eigenvalue weighted by Crippen LogP contribution is 2.39. The number of urea groups is 1. The van der Waals surface area contributed by atoms with Gasteiger partial charge in [0.15, 0.2) is 0 Å². The Bertz CT molecular complexity index is 702. The van der Waals surface area contributed by atoms with Gasteiger partial charge in [0.1, 0.15) is 12.1 Å². The van der Waals surface area contributed by atoms with Crippen molar-refractivity contribution in [2.45, 2.75) is 51.5 Å². The van der Waals surface area contributed by atoms with E-state index in [1.807, 2.05) is 32.0 Å². The Morgan fingerprint density at radius 2 is 1.68 bits per heavy atom. The van der Waals surface area contributed by atoms with E-state index in [0.717, 1.165) is 35.3 Å². The number of amides is 4. The zero-order chi connectivity index (χ0) is 18.2.